The maximum absolute atomic E-state index is 12.7. The Balaban J connectivity index is 1.39. The van der Waals surface area contributed by atoms with Gasteiger partial charge in [0.1, 0.15) is 5.75 Å². The number of para-hydroxylation sites is 1. The molecule has 3 aromatic heterocycles. The van der Waals surface area contributed by atoms with Gasteiger partial charge < -0.3 is 14.6 Å². The number of amides is 1. The Morgan fingerprint density at radius 1 is 1.17 bits per heavy atom. The number of carbonyl (C=O) groups is 1. The Morgan fingerprint density at radius 2 is 2.03 bits per heavy atom. The second kappa shape index (κ2) is 8.54. The van der Waals surface area contributed by atoms with Crippen LogP contribution in [-0.4, -0.2) is 21.0 Å². The van der Waals surface area contributed by atoms with E-state index in [1.807, 2.05) is 30.5 Å². The zero-order chi connectivity index (χ0) is 20.2. The third kappa shape index (κ3) is 4.69. The Morgan fingerprint density at radius 3 is 2.79 bits per heavy atom. The molecule has 4 aromatic rings. The molecule has 0 bridgehead atoms. The number of thiazole rings is 1. The normalized spacial score (nSPS) is 10.8. The number of nitrogens with one attached hydrogen (secondary N) is 1. The first-order valence-corrected chi connectivity index (χ1v) is 10.6. The Labute approximate surface area is 175 Å². The summed E-state index contributed by atoms with van der Waals surface area (Å²) in [5.41, 5.74) is 1.44. The largest absolute Gasteiger partial charge is 0.485 e. The molecule has 0 saturated carbocycles. The van der Waals surface area contributed by atoms with E-state index in [-0.39, 0.29) is 12.5 Å². The lowest BCUT2D eigenvalue weighted by atomic mass is 10.2. The van der Waals surface area contributed by atoms with Crippen LogP contribution in [0.3, 0.4) is 0 Å². The minimum atomic E-state index is -0.204. The van der Waals surface area contributed by atoms with E-state index in [4.69, 9.17) is 9.26 Å². The van der Waals surface area contributed by atoms with Crippen molar-refractivity contribution in [1.29, 1.82) is 0 Å². The molecular weight excluding hydrogens is 408 g/mol. The van der Waals surface area contributed by atoms with E-state index in [0.29, 0.717) is 29.6 Å². The fourth-order valence-corrected chi connectivity index (χ4v) is 4.27. The molecule has 0 spiro atoms. The molecule has 0 aliphatic carbocycles. The molecule has 0 atom stereocenters. The van der Waals surface area contributed by atoms with E-state index in [1.165, 1.54) is 0 Å². The van der Waals surface area contributed by atoms with Crippen LogP contribution in [0.15, 0.2) is 46.3 Å². The SMILES string of the molecule is Cc1nc(COc2ccccc2C(=O)NCc2ccc(-c3csc(C)n3)s2)no1. The topological polar surface area (TPSA) is 90.1 Å². The van der Waals surface area contributed by atoms with Gasteiger partial charge in [-0.15, -0.1) is 22.7 Å². The fraction of sp³-hybridized carbons (Fsp3) is 0.200. The van der Waals surface area contributed by atoms with Crippen molar-refractivity contribution in [2.24, 2.45) is 0 Å². The monoisotopic (exact) mass is 426 g/mol. The molecule has 0 saturated heterocycles. The van der Waals surface area contributed by atoms with Gasteiger partial charge in [-0.2, -0.15) is 4.98 Å². The van der Waals surface area contributed by atoms with Crippen molar-refractivity contribution >= 4 is 28.6 Å². The van der Waals surface area contributed by atoms with E-state index in [2.05, 4.69) is 20.4 Å². The van der Waals surface area contributed by atoms with E-state index in [9.17, 15) is 4.79 Å². The summed E-state index contributed by atoms with van der Waals surface area (Å²) >= 11 is 3.25. The molecule has 1 aromatic carbocycles. The van der Waals surface area contributed by atoms with Crippen LogP contribution in [0.4, 0.5) is 0 Å². The second-order valence-corrected chi connectivity index (χ2v) is 8.45. The van der Waals surface area contributed by atoms with Gasteiger partial charge in [0.05, 0.1) is 27.7 Å². The highest BCUT2D eigenvalue weighted by molar-refractivity contribution is 7.16. The second-order valence-electron chi connectivity index (χ2n) is 6.21. The predicted molar refractivity (Wildman–Crippen MR) is 111 cm³/mol. The summed E-state index contributed by atoms with van der Waals surface area (Å²) in [6.07, 6.45) is 0. The molecule has 148 valence electrons. The lowest BCUT2D eigenvalue weighted by Gasteiger charge is -2.10. The average Bonchev–Trinajstić information content (AvgIpc) is 3.46. The van der Waals surface area contributed by atoms with Crippen LogP contribution in [0.25, 0.3) is 10.6 Å². The van der Waals surface area contributed by atoms with E-state index < -0.39 is 0 Å². The standard InChI is InChI=1S/C20H18N4O3S2/c1-12-22-19(24-27-12)10-26-17-6-4-3-5-15(17)20(25)21-9-14-7-8-18(29-14)16-11-28-13(2)23-16/h3-8,11H,9-10H2,1-2H3,(H,21,25). The van der Waals surface area contributed by atoms with Crippen LogP contribution in [0.1, 0.15) is 32.0 Å². The number of aryl methyl sites for hydroxylation is 2. The first-order valence-electron chi connectivity index (χ1n) is 8.89. The molecule has 9 heteroatoms. The van der Waals surface area contributed by atoms with E-state index in [1.54, 1.807) is 47.8 Å². The van der Waals surface area contributed by atoms with Gasteiger partial charge in [-0.25, -0.2) is 4.98 Å². The minimum Gasteiger partial charge on any atom is -0.485 e. The van der Waals surface area contributed by atoms with Crippen LogP contribution in [0, 0.1) is 13.8 Å². The van der Waals surface area contributed by atoms with Crippen LogP contribution >= 0.6 is 22.7 Å². The average molecular weight is 427 g/mol. The van der Waals surface area contributed by atoms with Gasteiger partial charge in [0.15, 0.2) is 6.61 Å². The quantitative estimate of drug-likeness (QED) is 0.472. The highest BCUT2D eigenvalue weighted by Gasteiger charge is 2.14. The van der Waals surface area contributed by atoms with Gasteiger partial charge in [0.25, 0.3) is 5.91 Å². The number of thiophene rings is 1. The number of carbonyl (C=O) groups excluding carboxylic acids is 1. The van der Waals surface area contributed by atoms with Crippen molar-refractivity contribution in [1.82, 2.24) is 20.4 Å². The number of rotatable bonds is 7. The molecule has 0 aliphatic heterocycles. The maximum atomic E-state index is 12.7. The number of aromatic nitrogens is 3. The Bertz CT molecular complexity index is 1130. The third-order valence-electron chi connectivity index (χ3n) is 4.01. The summed E-state index contributed by atoms with van der Waals surface area (Å²) in [4.78, 5) is 23.4. The Hall–Kier alpha value is -3.04. The zero-order valence-corrected chi connectivity index (χ0v) is 17.5. The van der Waals surface area contributed by atoms with Crippen LogP contribution in [-0.2, 0) is 13.2 Å². The molecule has 29 heavy (non-hydrogen) atoms. The van der Waals surface area contributed by atoms with Crippen molar-refractivity contribution in [3.05, 3.63) is 68.9 Å². The number of benzene rings is 1. The predicted octanol–water partition coefficient (Wildman–Crippen LogP) is 4.38. The summed E-state index contributed by atoms with van der Waals surface area (Å²) in [6, 6.07) is 11.1. The third-order valence-corrected chi connectivity index (χ3v) is 5.90. The highest BCUT2D eigenvalue weighted by atomic mass is 32.1. The molecule has 0 fully saturated rings. The minimum absolute atomic E-state index is 0.128. The molecule has 1 N–H and O–H groups in total. The lowest BCUT2D eigenvalue weighted by molar-refractivity contribution is 0.0946. The maximum Gasteiger partial charge on any atom is 0.255 e. The van der Waals surface area contributed by atoms with Crippen LogP contribution < -0.4 is 10.1 Å². The molecule has 3 heterocycles. The summed E-state index contributed by atoms with van der Waals surface area (Å²) in [5.74, 6) is 1.17. The van der Waals surface area contributed by atoms with Crippen molar-refractivity contribution in [3.8, 4) is 16.3 Å². The number of hydrogen-bond acceptors (Lipinski definition) is 8. The van der Waals surface area contributed by atoms with Crippen molar-refractivity contribution in [2.75, 3.05) is 0 Å². The summed E-state index contributed by atoms with van der Waals surface area (Å²) in [7, 11) is 0. The van der Waals surface area contributed by atoms with Crippen molar-refractivity contribution < 1.29 is 14.1 Å². The van der Waals surface area contributed by atoms with Crippen molar-refractivity contribution in [2.45, 2.75) is 27.0 Å². The highest BCUT2D eigenvalue weighted by Crippen LogP contribution is 2.29. The molecule has 1 amide bonds. The molecule has 0 aliphatic rings. The fourth-order valence-electron chi connectivity index (χ4n) is 2.67. The molecular formula is C20H18N4O3S2. The smallest absolute Gasteiger partial charge is 0.255 e. The lowest BCUT2D eigenvalue weighted by Crippen LogP contribution is -2.23. The first-order chi connectivity index (χ1) is 14.1. The number of ether oxygens (including phenoxy) is 1. The van der Waals surface area contributed by atoms with Gasteiger partial charge in [-0.1, -0.05) is 17.3 Å². The van der Waals surface area contributed by atoms with Gasteiger partial charge >= 0.3 is 0 Å². The summed E-state index contributed by atoms with van der Waals surface area (Å²) in [5, 5.41) is 9.83. The van der Waals surface area contributed by atoms with E-state index in [0.717, 1.165) is 20.5 Å². The van der Waals surface area contributed by atoms with Crippen LogP contribution in [0.5, 0.6) is 5.75 Å². The van der Waals surface area contributed by atoms with E-state index >= 15 is 0 Å². The van der Waals surface area contributed by atoms with Gasteiger partial charge in [-0.3, -0.25) is 4.79 Å². The zero-order valence-electron chi connectivity index (χ0n) is 15.8. The van der Waals surface area contributed by atoms with Gasteiger partial charge in [-0.05, 0) is 31.2 Å². The number of nitrogens with zero attached hydrogens (tertiary/aromatic N) is 3. The van der Waals surface area contributed by atoms with Gasteiger partial charge in [0.2, 0.25) is 11.7 Å². The molecule has 7 nitrogen and oxygen atoms in total. The summed E-state index contributed by atoms with van der Waals surface area (Å²) < 4.78 is 10.7. The van der Waals surface area contributed by atoms with Gasteiger partial charge in [0, 0.05) is 17.2 Å². The molecule has 0 unspecified atom stereocenters. The summed E-state index contributed by atoms with van der Waals surface area (Å²) in [6.45, 7) is 4.26. The number of hydrogen-bond donors (Lipinski definition) is 1. The van der Waals surface area contributed by atoms with Crippen LogP contribution in [0.2, 0.25) is 0 Å². The Kier molecular flexibility index (Phi) is 5.68. The molecule has 0 radical (unpaired) electrons. The van der Waals surface area contributed by atoms with Crippen molar-refractivity contribution in [3.63, 3.8) is 0 Å². The molecule has 4 rings (SSSR count). The first kappa shape index (κ1) is 19.3.